The molecule has 0 radical (unpaired) electrons. The van der Waals surface area contributed by atoms with Crippen molar-refractivity contribution in [3.05, 3.63) is 89.6 Å². The molecule has 4 aromatic rings. The van der Waals surface area contributed by atoms with Crippen LogP contribution in [0, 0.1) is 25.7 Å². The first-order valence-electron chi connectivity index (χ1n) is 12.7. The predicted molar refractivity (Wildman–Crippen MR) is 138 cm³/mol. The van der Waals surface area contributed by atoms with E-state index in [-0.39, 0.29) is 0 Å². The van der Waals surface area contributed by atoms with Crippen molar-refractivity contribution in [1.29, 1.82) is 0 Å². The lowest BCUT2D eigenvalue weighted by Crippen LogP contribution is -2.31. The molecule has 1 nitrogen and oxygen atoms in total. The lowest BCUT2D eigenvalue weighted by atomic mass is 9.91. The van der Waals surface area contributed by atoms with Gasteiger partial charge >= 0.3 is 0 Å². The standard InChI is InChI=1S/C32H34N/c1-21-7-4-5-10-30(21)32-19-31(22(2)20-33(32)3)28-14-13-25-15-27(12-11-26(25)16-28)29-17-23-8-6-9-24(23)18-29/h4-5,7,10-16,19-20,23-24,29H,6,8-9,17-18H2,1-3H3/q+1. The monoisotopic (exact) mass is 432 g/mol. The number of nitrogens with zero attached hydrogens (tertiary/aromatic N) is 1. The van der Waals surface area contributed by atoms with Crippen LogP contribution in [-0.2, 0) is 7.05 Å². The van der Waals surface area contributed by atoms with E-state index in [0.717, 1.165) is 17.8 Å². The third-order valence-electron chi connectivity index (χ3n) is 8.53. The Morgan fingerprint density at radius 1 is 0.727 bits per heavy atom. The Bertz CT molecular complexity index is 1340. The van der Waals surface area contributed by atoms with Gasteiger partial charge in [0, 0.05) is 17.2 Å². The fourth-order valence-electron chi connectivity index (χ4n) is 6.74. The third-order valence-corrected chi connectivity index (χ3v) is 8.53. The maximum Gasteiger partial charge on any atom is 0.213 e. The Labute approximate surface area is 198 Å². The second kappa shape index (κ2) is 8.13. The normalized spacial score (nSPS) is 22.1. The molecule has 0 bridgehead atoms. The van der Waals surface area contributed by atoms with Gasteiger partial charge in [-0.2, -0.15) is 0 Å². The van der Waals surface area contributed by atoms with Crippen LogP contribution in [0.5, 0.6) is 0 Å². The maximum absolute atomic E-state index is 2.47. The minimum absolute atomic E-state index is 0.775. The van der Waals surface area contributed by atoms with E-state index in [9.17, 15) is 0 Å². The van der Waals surface area contributed by atoms with E-state index in [4.69, 9.17) is 0 Å². The summed E-state index contributed by atoms with van der Waals surface area (Å²) in [5, 5.41) is 2.73. The van der Waals surface area contributed by atoms with Gasteiger partial charge in [-0.15, -0.1) is 0 Å². The molecule has 6 rings (SSSR count). The van der Waals surface area contributed by atoms with Gasteiger partial charge in [0.05, 0.1) is 0 Å². The fraction of sp³-hybridized carbons (Fsp3) is 0.344. The molecule has 1 heterocycles. The zero-order valence-corrected chi connectivity index (χ0v) is 20.1. The fourth-order valence-corrected chi connectivity index (χ4v) is 6.74. The maximum atomic E-state index is 2.47. The van der Waals surface area contributed by atoms with Gasteiger partial charge in [0.2, 0.25) is 5.69 Å². The van der Waals surface area contributed by atoms with Gasteiger partial charge in [-0.1, -0.05) is 67.8 Å². The third kappa shape index (κ3) is 3.68. The number of fused-ring (bicyclic) bond motifs is 2. The molecule has 2 saturated carbocycles. The van der Waals surface area contributed by atoms with Crippen LogP contribution in [-0.4, -0.2) is 0 Å². The first-order valence-corrected chi connectivity index (χ1v) is 12.7. The van der Waals surface area contributed by atoms with Crippen LogP contribution >= 0.6 is 0 Å². The summed E-state index contributed by atoms with van der Waals surface area (Å²) in [7, 11) is 2.15. The number of hydrogen-bond acceptors (Lipinski definition) is 0. The molecular weight excluding hydrogens is 398 g/mol. The van der Waals surface area contributed by atoms with Crippen molar-refractivity contribution in [2.75, 3.05) is 0 Å². The first kappa shape index (κ1) is 20.7. The van der Waals surface area contributed by atoms with E-state index in [1.54, 1.807) is 5.56 Å². The van der Waals surface area contributed by atoms with Gasteiger partial charge < -0.3 is 0 Å². The van der Waals surface area contributed by atoms with E-state index in [1.165, 1.54) is 76.4 Å². The highest BCUT2D eigenvalue weighted by atomic mass is 14.9. The zero-order chi connectivity index (χ0) is 22.5. The van der Waals surface area contributed by atoms with Gasteiger partial charge in [-0.3, -0.25) is 0 Å². The van der Waals surface area contributed by atoms with Gasteiger partial charge in [-0.25, -0.2) is 4.57 Å². The summed E-state index contributed by atoms with van der Waals surface area (Å²) in [6.45, 7) is 4.42. The number of rotatable bonds is 3. The molecule has 1 heteroatoms. The summed E-state index contributed by atoms with van der Waals surface area (Å²) in [6.07, 6.45) is 9.49. The molecule has 2 unspecified atom stereocenters. The Morgan fingerprint density at radius 2 is 1.45 bits per heavy atom. The molecule has 2 aliphatic rings. The Balaban J connectivity index is 1.36. The highest BCUT2D eigenvalue weighted by molar-refractivity contribution is 5.88. The summed E-state index contributed by atoms with van der Waals surface area (Å²) in [4.78, 5) is 0. The smallest absolute Gasteiger partial charge is 0.201 e. The highest BCUT2D eigenvalue weighted by Crippen LogP contribution is 2.50. The summed E-state index contributed by atoms with van der Waals surface area (Å²) in [5.41, 5.74) is 9.37. The van der Waals surface area contributed by atoms with Crippen molar-refractivity contribution in [3.63, 3.8) is 0 Å². The van der Waals surface area contributed by atoms with Crippen LogP contribution in [0.25, 0.3) is 33.2 Å². The summed E-state index contributed by atoms with van der Waals surface area (Å²) in [6, 6.07) is 25.3. The van der Waals surface area contributed by atoms with Crippen LogP contribution in [0.15, 0.2) is 72.9 Å². The molecule has 2 fully saturated rings. The van der Waals surface area contributed by atoms with Crippen LogP contribution in [0.4, 0.5) is 0 Å². The summed E-state index contributed by atoms with van der Waals surface area (Å²) >= 11 is 0. The minimum atomic E-state index is 0.775. The number of pyridine rings is 1. The van der Waals surface area contributed by atoms with Crippen molar-refractivity contribution in [2.24, 2.45) is 18.9 Å². The molecule has 0 amide bonds. The molecule has 2 aliphatic carbocycles. The topological polar surface area (TPSA) is 3.88 Å². The summed E-state index contributed by atoms with van der Waals surface area (Å²) < 4.78 is 2.26. The molecule has 2 atom stereocenters. The van der Waals surface area contributed by atoms with Crippen molar-refractivity contribution < 1.29 is 4.57 Å². The number of aromatic nitrogens is 1. The molecular formula is C32H34N+. The van der Waals surface area contributed by atoms with Crippen molar-refractivity contribution in [2.45, 2.75) is 51.9 Å². The Morgan fingerprint density at radius 3 is 2.24 bits per heavy atom. The molecule has 33 heavy (non-hydrogen) atoms. The van der Waals surface area contributed by atoms with E-state index in [1.807, 2.05) is 0 Å². The molecule has 166 valence electrons. The molecule has 0 aliphatic heterocycles. The highest BCUT2D eigenvalue weighted by Gasteiger charge is 2.37. The van der Waals surface area contributed by atoms with Crippen LogP contribution in [0.1, 0.15) is 54.7 Å². The number of hydrogen-bond donors (Lipinski definition) is 0. The Hall–Kier alpha value is -2.93. The lowest BCUT2D eigenvalue weighted by Gasteiger charge is -2.14. The average molecular weight is 433 g/mol. The van der Waals surface area contributed by atoms with Gasteiger partial charge in [0.15, 0.2) is 6.20 Å². The van der Waals surface area contributed by atoms with Crippen LogP contribution in [0.3, 0.4) is 0 Å². The van der Waals surface area contributed by atoms with E-state index < -0.39 is 0 Å². The lowest BCUT2D eigenvalue weighted by molar-refractivity contribution is -0.660. The molecule has 1 aromatic heterocycles. The summed E-state index contributed by atoms with van der Waals surface area (Å²) in [5.74, 6) is 2.77. The predicted octanol–water partition coefficient (Wildman–Crippen LogP) is 7.91. The quantitative estimate of drug-likeness (QED) is 0.290. The van der Waals surface area contributed by atoms with Crippen LogP contribution < -0.4 is 4.57 Å². The van der Waals surface area contributed by atoms with Crippen molar-refractivity contribution in [1.82, 2.24) is 0 Å². The van der Waals surface area contributed by atoms with Crippen molar-refractivity contribution in [3.8, 4) is 22.4 Å². The zero-order valence-electron chi connectivity index (χ0n) is 20.1. The first-order chi connectivity index (χ1) is 16.1. The number of aryl methyl sites for hydroxylation is 3. The Kier molecular flexibility index (Phi) is 5.09. The SMILES string of the molecule is Cc1c[n+](C)c(-c2ccccc2C)cc1-c1ccc2cc(C3CC4CCCC4C3)ccc2c1. The van der Waals surface area contributed by atoms with Gasteiger partial charge in [0.1, 0.15) is 7.05 Å². The second-order valence-electron chi connectivity index (χ2n) is 10.6. The minimum Gasteiger partial charge on any atom is -0.201 e. The second-order valence-corrected chi connectivity index (χ2v) is 10.6. The molecule has 0 spiro atoms. The molecule has 0 N–H and O–H groups in total. The van der Waals surface area contributed by atoms with E-state index in [0.29, 0.717) is 0 Å². The van der Waals surface area contributed by atoms with Crippen LogP contribution in [0.2, 0.25) is 0 Å². The van der Waals surface area contributed by atoms with Gasteiger partial charge in [0.25, 0.3) is 0 Å². The molecule has 0 saturated heterocycles. The largest absolute Gasteiger partial charge is 0.213 e. The van der Waals surface area contributed by atoms with E-state index >= 15 is 0 Å². The average Bonchev–Trinajstić information content (AvgIpc) is 3.42. The van der Waals surface area contributed by atoms with Gasteiger partial charge in [-0.05, 0) is 89.6 Å². The molecule has 3 aromatic carbocycles. The number of benzene rings is 3. The van der Waals surface area contributed by atoms with Crippen molar-refractivity contribution >= 4 is 10.8 Å². The van der Waals surface area contributed by atoms with E-state index in [2.05, 4.69) is 98.4 Å².